The Balaban J connectivity index is 1.61. The normalized spacial score (nSPS) is 14.3. The van der Waals surface area contributed by atoms with E-state index in [2.05, 4.69) is 53.3 Å². The van der Waals surface area contributed by atoms with E-state index >= 15 is 0 Å². The zero-order chi connectivity index (χ0) is 25.2. The predicted octanol–water partition coefficient (Wildman–Crippen LogP) is 5.45. The van der Waals surface area contributed by atoms with Gasteiger partial charge in [-0.3, -0.25) is 0 Å². The highest BCUT2D eigenvalue weighted by Gasteiger charge is 2.21. The minimum absolute atomic E-state index is 0.113. The van der Waals surface area contributed by atoms with Crippen molar-refractivity contribution in [1.29, 1.82) is 5.26 Å². The second-order valence-corrected chi connectivity index (χ2v) is 9.60. The maximum absolute atomic E-state index is 11.5. The average Bonchev–Trinajstić information content (AvgIpc) is 3.22. The molecule has 1 saturated heterocycles. The first-order chi connectivity index (χ1) is 17.4. The Morgan fingerprint density at radius 1 is 1.19 bits per heavy atom. The number of ether oxygens (including phenoxy) is 1. The first-order valence-electron chi connectivity index (χ1n) is 12.3. The van der Waals surface area contributed by atoms with E-state index in [0.717, 1.165) is 59.3 Å². The molecule has 0 saturated carbocycles. The van der Waals surface area contributed by atoms with Gasteiger partial charge in [0, 0.05) is 30.3 Å². The molecule has 0 bridgehead atoms. The molecular formula is C28H29N5O3. The summed E-state index contributed by atoms with van der Waals surface area (Å²) in [5, 5.41) is 27.7. The zero-order valence-electron chi connectivity index (χ0n) is 20.4. The number of fused-ring (bicyclic) bond motifs is 2. The highest BCUT2D eigenvalue weighted by atomic mass is 16.7. The molecule has 36 heavy (non-hydrogen) atoms. The van der Waals surface area contributed by atoms with Gasteiger partial charge in [-0.1, -0.05) is 32.0 Å². The lowest BCUT2D eigenvalue weighted by Crippen LogP contribution is -2.35. The van der Waals surface area contributed by atoms with Crippen molar-refractivity contribution in [3.63, 3.8) is 0 Å². The number of nitrogens with one attached hydrogen (secondary N) is 2. The first kappa shape index (κ1) is 23.6. The van der Waals surface area contributed by atoms with Gasteiger partial charge in [0.15, 0.2) is 5.75 Å². The highest BCUT2D eigenvalue weighted by Crippen LogP contribution is 2.34. The number of hydrogen-bond acceptors (Lipinski definition) is 6. The number of rotatable bonds is 6. The second-order valence-electron chi connectivity index (χ2n) is 9.60. The summed E-state index contributed by atoms with van der Waals surface area (Å²) in [6, 6.07) is 18.2. The number of piperidine rings is 1. The third kappa shape index (κ3) is 4.83. The van der Waals surface area contributed by atoms with E-state index in [9.17, 15) is 15.2 Å². The molecule has 1 aliphatic heterocycles. The Kier molecular flexibility index (Phi) is 6.49. The Labute approximate surface area is 209 Å². The standard InChI is InChI=1S/C28H29N5O3/c1-17(2)27-32-26-24(13-23(14-25(26)36-28(34)35)31-22-7-9-30-10-8-22)33(27)16-19-4-6-20-5-3-18(15-29)11-21(20)12-19/h3-6,11-14,17,22,30-31H,7-10,16H2,1-2H3,(H,34,35). The van der Waals surface area contributed by atoms with Gasteiger partial charge in [0.05, 0.1) is 17.1 Å². The fourth-order valence-corrected chi connectivity index (χ4v) is 4.92. The van der Waals surface area contributed by atoms with E-state index < -0.39 is 6.16 Å². The lowest BCUT2D eigenvalue weighted by molar-refractivity contribution is 0.145. The number of imidazole rings is 1. The van der Waals surface area contributed by atoms with Crippen molar-refractivity contribution < 1.29 is 14.6 Å². The van der Waals surface area contributed by atoms with Crippen LogP contribution in [-0.2, 0) is 6.54 Å². The van der Waals surface area contributed by atoms with Crippen molar-refractivity contribution in [2.24, 2.45) is 0 Å². The number of hydrogen-bond donors (Lipinski definition) is 3. The number of aromatic nitrogens is 2. The quantitative estimate of drug-likeness (QED) is 0.247. The van der Waals surface area contributed by atoms with E-state index in [1.807, 2.05) is 24.3 Å². The first-order valence-corrected chi connectivity index (χ1v) is 12.3. The van der Waals surface area contributed by atoms with Crippen molar-refractivity contribution in [3.8, 4) is 11.8 Å². The average molecular weight is 484 g/mol. The summed E-state index contributed by atoms with van der Waals surface area (Å²) >= 11 is 0. The van der Waals surface area contributed by atoms with Gasteiger partial charge in [0.2, 0.25) is 0 Å². The van der Waals surface area contributed by atoms with Crippen molar-refractivity contribution in [3.05, 3.63) is 65.5 Å². The lowest BCUT2D eigenvalue weighted by atomic mass is 10.0. The van der Waals surface area contributed by atoms with Gasteiger partial charge in [0.25, 0.3) is 0 Å². The fourth-order valence-electron chi connectivity index (χ4n) is 4.92. The lowest BCUT2D eigenvalue weighted by Gasteiger charge is -2.25. The molecule has 0 radical (unpaired) electrons. The van der Waals surface area contributed by atoms with Gasteiger partial charge in [0.1, 0.15) is 11.3 Å². The zero-order valence-corrected chi connectivity index (χ0v) is 20.4. The largest absolute Gasteiger partial charge is 0.511 e. The summed E-state index contributed by atoms with van der Waals surface area (Å²) in [6.45, 7) is 6.60. The Morgan fingerprint density at radius 2 is 1.97 bits per heavy atom. The summed E-state index contributed by atoms with van der Waals surface area (Å²) in [7, 11) is 0. The van der Waals surface area contributed by atoms with Crippen LogP contribution in [0.1, 0.15) is 49.6 Å². The van der Waals surface area contributed by atoms with Crippen LogP contribution in [0.3, 0.4) is 0 Å². The molecule has 0 amide bonds. The smallest absolute Gasteiger partial charge is 0.449 e. The molecule has 0 spiro atoms. The molecule has 0 aliphatic carbocycles. The van der Waals surface area contributed by atoms with E-state index in [-0.39, 0.29) is 11.7 Å². The molecule has 5 rings (SSSR count). The van der Waals surface area contributed by atoms with Crippen molar-refractivity contribution in [1.82, 2.24) is 14.9 Å². The number of anilines is 1. The van der Waals surface area contributed by atoms with E-state index in [1.54, 1.807) is 6.07 Å². The monoisotopic (exact) mass is 483 g/mol. The second kappa shape index (κ2) is 9.88. The maximum atomic E-state index is 11.5. The van der Waals surface area contributed by atoms with Crippen molar-refractivity contribution in [2.45, 2.75) is 45.2 Å². The Morgan fingerprint density at radius 3 is 2.69 bits per heavy atom. The molecule has 8 heteroatoms. The van der Waals surface area contributed by atoms with E-state index in [4.69, 9.17) is 9.72 Å². The molecular weight excluding hydrogens is 454 g/mol. The number of carbonyl (C=O) groups is 1. The van der Waals surface area contributed by atoms with Crippen LogP contribution in [0.4, 0.5) is 10.5 Å². The number of carboxylic acid groups (broad SMARTS) is 1. The Hall–Kier alpha value is -4.09. The number of nitriles is 1. The fraction of sp³-hybridized carbons (Fsp3) is 0.321. The van der Waals surface area contributed by atoms with Crippen molar-refractivity contribution in [2.75, 3.05) is 18.4 Å². The van der Waals surface area contributed by atoms with Gasteiger partial charge in [-0.15, -0.1) is 0 Å². The SMILES string of the molecule is CC(C)c1nc2c(OC(=O)O)cc(NC3CCNCC3)cc2n1Cc1ccc2ccc(C#N)cc2c1. The summed E-state index contributed by atoms with van der Waals surface area (Å²) in [5.74, 6) is 1.20. The molecule has 0 atom stereocenters. The molecule has 2 heterocycles. The molecule has 1 aromatic heterocycles. The van der Waals surface area contributed by atoms with Gasteiger partial charge >= 0.3 is 6.16 Å². The number of benzene rings is 3. The van der Waals surface area contributed by atoms with Crippen LogP contribution in [0, 0.1) is 11.3 Å². The third-order valence-corrected chi connectivity index (χ3v) is 6.65. The van der Waals surface area contributed by atoms with Gasteiger partial charge in [-0.2, -0.15) is 5.26 Å². The number of nitrogens with zero attached hydrogens (tertiary/aromatic N) is 3. The molecule has 4 aromatic rings. The summed E-state index contributed by atoms with van der Waals surface area (Å²) in [4.78, 5) is 16.3. The van der Waals surface area contributed by atoms with E-state index in [1.165, 1.54) is 0 Å². The minimum Gasteiger partial charge on any atom is -0.449 e. The molecule has 1 fully saturated rings. The van der Waals surface area contributed by atoms with Gasteiger partial charge in [-0.25, -0.2) is 9.78 Å². The maximum Gasteiger partial charge on any atom is 0.511 e. The van der Waals surface area contributed by atoms with Crippen LogP contribution in [-0.4, -0.2) is 39.9 Å². The minimum atomic E-state index is -1.36. The molecule has 3 aromatic carbocycles. The molecule has 0 unspecified atom stereocenters. The third-order valence-electron chi connectivity index (χ3n) is 6.65. The molecule has 8 nitrogen and oxygen atoms in total. The van der Waals surface area contributed by atoms with Crippen LogP contribution < -0.4 is 15.4 Å². The molecule has 1 aliphatic rings. The topological polar surface area (TPSA) is 112 Å². The van der Waals surface area contributed by atoms with E-state index in [0.29, 0.717) is 23.7 Å². The van der Waals surface area contributed by atoms with Crippen LogP contribution in [0.25, 0.3) is 21.8 Å². The van der Waals surface area contributed by atoms with Gasteiger partial charge in [-0.05, 0) is 66.5 Å². The summed E-state index contributed by atoms with van der Waals surface area (Å²) in [6.07, 6.45) is 0.621. The molecule has 184 valence electrons. The summed E-state index contributed by atoms with van der Waals surface area (Å²) in [5.41, 5.74) is 3.86. The van der Waals surface area contributed by atoms with Crippen LogP contribution >= 0.6 is 0 Å². The Bertz CT molecular complexity index is 1480. The van der Waals surface area contributed by atoms with Crippen LogP contribution in [0.2, 0.25) is 0 Å². The van der Waals surface area contributed by atoms with Gasteiger partial charge < -0.3 is 25.0 Å². The van der Waals surface area contributed by atoms with Crippen LogP contribution in [0.5, 0.6) is 5.75 Å². The summed E-state index contributed by atoms with van der Waals surface area (Å²) < 4.78 is 7.33. The van der Waals surface area contributed by atoms with Crippen molar-refractivity contribution >= 4 is 33.6 Å². The highest BCUT2D eigenvalue weighted by molar-refractivity contribution is 5.89. The predicted molar refractivity (Wildman–Crippen MR) is 140 cm³/mol. The van der Waals surface area contributed by atoms with Crippen LogP contribution in [0.15, 0.2) is 48.5 Å². The molecule has 3 N–H and O–H groups in total.